The summed E-state index contributed by atoms with van der Waals surface area (Å²) in [6.07, 6.45) is 17.5. The Kier molecular flexibility index (Phi) is 9.16. The van der Waals surface area contributed by atoms with Gasteiger partial charge in [0.2, 0.25) is 0 Å². The van der Waals surface area contributed by atoms with E-state index >= 15 is 0 Å². The highest BCUT2D eigenvalue weighted by molar-refractivity contribution is 4.84. The fourth-order valence-electron chi connectivity index (χ4n) is 5.15. The van der Waals surface area contributed by atoms with E-state index in [-0.39, 0.29) is 0 Å². The lowest BCUT2D eigenvalue weighted by Gasteiger charge is -2.40. The third kappa shape index (κ3) is 6.36. The molecule has 0 heterocycles. The predicted molar refractivity (Wildman–Crippen MR) is 105 cm³/mol. The van der Waals surface area contributed by atoms with Crippen LogP contribution in [0.3, 0.4) is 0 Å². The van der Waals surface area contributed by atoms with Gasteiger partial charge < -0.3 is 4.74 Å². The van der Waals surface area contributed by atoms with Gasteiger partial charge in [0.15, 0.2) is 0 Å². The molecule has 2 aliphatic rings. The van der Waals surface area contributed by atoms with Crippen molar-refractivity contribution in [1.82, 2.24) is 0 Å². The molecular weight excluding hydrogens is 292 g/mol. The zero-order valence-corrected chi connectivity index (χ0v) is 17.1. The van der Waals surface area contributed by atoms with Crippen molar-refractivity contribution in [1.29, 1.82) is 0 Å². The predicted octanol–water partition coefficient (Wildman–Crippen LogP) is 7.24. The second-order valence-electron chi connectivity index (χ2n) is 9.23. The largest absolute Gasteiger partial charge is 0.378 e. The molecule has 0 bridgehead atoms. The van der Waals surface area contributed by atoms with E-state index in [9.17, 15) is 0 Å². The first-order valence-corrected chi connectivity index (χ1v) is 11.2. The monoisotopic (exact) mass is 336 g/mol. The third-order valence-electron chi connectivity index (χ3n) is 7.39. The SMILES string of the molecule is CCCCCCOC1CCC(CCC2CCC(C)CC2)C(C)C1C. The molecule has 0 saturated heterocycles. The summed E-state index contributed by atoms with van der Waals surface area (Å²) in [7, 11) is 0. The summed E-state index contributed by atoms with van der Waals surface area (Å²) in [5, 5.41) is 0. The Bertz CT molecular complexity index is 318. The van der Waals surface area contributed by atoms with Gasteiger partial charge in [0, 0.05) is 6.61 Å². The Morgan fingerprint density at radius 3 is 2.21 bits per heavy atom. The molecule has 0 aromatic heterocycles. The van der Waals surface area contributed by atoms with Crippen molar-refractivity contribution in [2.45, 2.75) is 111 Å². The van der Waals surface area contributed by atoms with Crippen molar-refractivity contribution >= 4 is 0 Å². The molecule has 2 rings (SSSR count). The minimum absolute atomic E-state index is 0.536. The molecule has 0 radical (unpaired) electrons. The van der Waals surface area contributed by atoms with Crippen molar-refractivity contribution in [3.63, 3.8) is 0 Å². The van der Waals surface area contributed by atoms with Crippen molar-refractivity contribution in [3.05, 3.63) is 0 Å². The molecule has 0 aromatic rings. The van der Waals surface area contributed by atoms with Gasteiger partial charge in [0.25, 0.3) is 0 Å². The van der Waals surface area contributed by atoms with Crippen LogP contribution in [0.4, 0.5) is 0 Å². The first kappa shape index (κ1) is 20.3. The Morgan fingerprint density at radius 1 is 0.750 bits per heavy atom. The van der Waals surface area contributed by atoms with Crippen LogP contribution in [-0.2, 0) is 4.74 Å². The summed E-state index contributed by atoms with van der Waals surface area (Å²) < 4.78 is 6.27. The van der Waals surface area contributed by atoms with Gasteiger partial charge in [-0.25, -0.2) is 0 Å². The average molecular weight is 337 g/mol. The average Bonchev–Trinajstić information content (AvgIpc) is 2.59. The number of unbranched alkanes of at least 4 members (excludes halogenated alkanes) is 3. The maximum absolute atomic E-state index is 6.27. The zero-order chi connectivity index (χ0) is 17.4. The first-order chi connectivity index (χ1) is 11.6. The molecule has 4 atom stereocenters. The molecular formula is C23H44O. The van der Waals surface area contributed by atoms with E-state index < -0.39 is 0 Å². The quantitative estimate of drug-likeness (QED) is 0.403. The summed E-state index contributed by atoms with van der Waals surface area (Å²) >= 11 is 0. The third-order valence-corrected chi connectivity index (χ3v) is 7.39. The minimum Gasteiger partial charge on any atom is -0.378 e. The highest BCUT2D eigenvalue weighted by Gasteiger charge is 2.34. The van der Waals surface area contributed by atoms with Gasteiger partial charge in [-0.15, -0.1) is 0 Å². The summed E-state index contributed by atoms with van der Waals surface area (Å²) in [6, 6.07) is 0. The summed E-state index contributed by atoms with van der Waals surface area (Å²) in [5.74, 6) is 4.59. The topological polar surface area (TPSA) is 9.23 Å². The van der Waals surface area contributed by atoms with Crippen molar-refractivity contribution in [2.24, 2.45) is 29.6 Å². The highest BCUT2D eigenvalue weighted by atomic mass is 16.5. The van der Waals surface area contributed by atoms with Crippen LogP contribution < -0.4 is 0 Å². The lowest BCUT2D eigenvalue weighted by atomic mass is 9.69. The lowest BCUT2D eigenvalue weighted by molar-refractivity contribution is -0.0443. The van der Waals surface area contributed by atoms with Crippen LogP contribution in [-0.4, -0.2) is 12.7 Å². The Hall–Kier alpha value is -0.0400. The van der Waals surface area contributed by atoms with Crippen LogP contribution in [0.1, 0.15) is 105 Å². The Morgan fingerprint density at radius 2 is 1.50 bits per heavy atom. The Labute approximate surface area is 152 Å². The molecule has 24 heavy (non-hydrogen) atoms. The molecule has 2 fully saturated rings. The number of hydrogen-bond acceptors (Lipinski definition) is 1. The lowest BCUT2D eigenvalue weighted by Crippen LogP contribution is -2.37. The van der Waals surface area contributed by atoms with Gasteiger partial charge in [-0.2, -0.15) is 0 Å². The maximum atomic E-state index is 6.27. The molecule has 0 aromatic carbocycles. The van der Waals surface area contributed by atoms with E-state index in [0.29, 0.717) is 6.10 Å². The molecule has 0 amide bonds. The summed E-state index contributed by atoms with van der Waals surface area (Å²) in [5.41, 5.74) is 0. The van der Waals surface area contributed by atoms with E-state index in [0.717, 1.165) is 36.2 Å². The molecule has 0 aliphatic heterocycles. The van der Waals surface area contributed by atoms with Gasteiger partial charge in [-0.05, 0) is 55.3 Å². The smallest absolute Gasteiger partial charge is 0.0603 e. The van der Waals surface area contributed by atoms with Crippen LogP contribution in [0.2, 0.25) is 0 Å². The molecule has 0 spiro atoms. The van der Waals surface area contributed by atoms with Crippen molar-refractivity contribution < 1.29 is 4.74 Å². The highest BCUT2D eigenvalue weighted by Crippen LogP contribution is 2.40. The number of hydrogen-bond donors (Lipinski definition) is 0. The molecule has 142 valence electrons. The first-order valence-electron chi connectivity index (χ1n) is 11.2. The molecule has 1 heteroatoms. The number of ether oxygens (including phenoxy) is 1. The van der Waals surface area contributed by atoms with Gasteiger partial charge >= 0.3 is 0 Å². The fraction of sp³-hybridized carbons (Fsp3) is 1.00. The summed E-state index contributed by atoms with van der Waals surface area (Å²) in [6.45, 7) is 10.7. The molecule has 0 N–H and O–H groups in total. The second kappa shape index (κ2) is 10.8. The van der Waals surface area contributed by atoms with Gasteiger partial charge in [-0.1, -0.05) is 79.1 Å². The van der Waals surface area contributed by atoms with E-state index in [4.69, 9.17) is 4.74 Å². The Balaban J connectivity index is 1.64. The number of rotatable bonds is 9. The normalized spacial score (nSPS) is 37.5. The van der Waals surface area contributed by atoms with Crippen LogP contribution in [0.25, 0.3) is 0 Å². The van der Waals surface area contributed by atoms with E-state index in [1.807, 2.05) is 0 Å². The fourth-order valence-corrected chi connectivity index (χ4v) is 5.15. The van der Waals surface area contributed by atoms with Crippen molar-refractivity contribution in [3.8, 4) is 0 Å². The molecule has 4 unspecified atom stereocenters. The molecule has 2 aliphatic carbocycles. The van der Waals surface area contributed by atoms with Crippen LogP contribution >= 0.6 is 0 Å². The van der Waals surface area contributed by atoms with Gasteiger partial charge in [0.05, 0.1) is 6.10 Å². The zero-order valence-electron chi connectivity index (χ0n) is 17.1. The van der Waals surface area contributed by atoms with Gasteiger partial charge in [-0.3, -0.25) is 0 Å². The van der Waals surface area contributed by atoms with Crippen LogP contribution in [0.5, 0.6) is 0 Å². The molecule has 2 saturated carbocycles. The maximum Gasteiger partial charge on any atom is 0.0603 e. The van der Waals surface area contributed by atoms with E-state index in [2.05, 4.69) is 27.7 Å². The minimum atomic E-state index is 0.536. The van der Waals surface area contributed by atoms with E-state index in [1.165, 1.54) is 77.0 Å². The van der Waals surface area contributed by atoms with Gasteiger partial charge in [0.1, 0.15) is 0 Å². The van der Waals surface area contributed by atoms with E-state index in [1.54, 1.807) is 0 Å². The molecule has 1 nitrogen and oxygen atoms in total. The van der Waals surface area contributed by atoms with Crippen LogP contribution in [0, 0.1) is 29.6 Å². The van der Waals surface area contributed by atoms with Crippen LogP contribution in [0.15, 0.2) is 0 Å². The standard InChI is InChI=1S/C23H44O/c1-5-6-7-8-17-24-23-16-15-22(19(3)20(23)4)14-13-21-11-9-18(2)10-12-21/h18-23H,5-17H2,1-4H3. The summed E-state index contributed by atoms with van der Waals surface area (Å²) in [4.78, 5) is 0. The second-order valence-corrected chi connectivity index (χ2v) is 9.23. The van der Waals surface area contributed by atoms with Crippen molar-refractivity contribution in [2.75, 3.05) is 6.61 Å².